The van der Waals surface area contributed by atoms with Gasteiger partial charge >= 0.3 is 6.03 Å². The van der Waals surface area contributed by atoms with Crippen molar-refractivity contribution in [2.45, 2.75) is 46.1 Å². The van der Waals surface area contributed by atoms with Crippen LogP contribution in [0, 0.1) is 5.92 Å². The second kappa shape index (κ2) is 9.94. The Labute approximate surface area is 160 Å². The maximum atomic E-state index is 12.8. The Bertz CT molecular complexity index is 658. The molecule has 148 valence electrons. The fraction of sp³-hybridized carbons (Fsp3) is 0.550. The summed E-state index contributed by atoms with van der Waals surface area (Å²) in [5.41, 5.74) is 1.18. The molecule has 1 aliphatic rings. The molecule has 0 radical (unpaired) electrons. The van der Waals surface area contributed by atoms with Crippen LogP contribution in [-0.4, -0.2) is 48.4 Å². The highest BCUT2D eigenvalue weighted by Crippen LogP contribution is 2.20. The van der Waals surface area contributed by atoms with E-state index >= 15 is 0 Å². The highest BCUT2D eigenvalue weighted by Gasteiger charge is 2.28. The Balaban J connectivity index is 1.94. The van der Waals surface area contributed by atoms with Crippen LogP contribution in [0.1, 0.15) is 50.4 Å². The lowest BCUT2D eigenvalue weighted by Crippen LogP contribution is -2.45. The third-order valence-electron chi connectivity index (χ3n) is 4.44. The van der Waals surface area contributed by atoms with Crippen LogP contribution in [0.15, 0.2) is 24.3 Å². The molecular formula is C20H30N4O3. The van der Waals surface area contributed by atoms with E-state index in [4.69, 9.17) is 0 Å². The topological polar surface area (TPSA) is 90.5 Å². The number of carbonyl (C=O) groups is 3. The number of anilines is 1. The summed E-state index contributed by atoms with van der Waals surface area (Å²) in [4.78, 5) is 38.4. The van der Waals surface area contributed by atoms with E-state index in [1.807, 2.05) is 20.8 Å². The number of benzene rings is 1. The summed E-state index contributed by atoms with van der Waals surface area (Å²) in [6, 6.07) is 6.60. The zero-order valence-corrected chi connectivity index (χ0v) is 16.4. The predicted molar refractivity (Wildman–Crippen MR) is 106 cm³/mol. The van der Waals surface area contributed by atoms with Gasteiger partial charge in [-0.1, -0.05) is 6.92 Å². The van der Waals surface area contributed by atoms with Gasteiger partial charge in [0.05, 0.1) is 5.92 Å². The Morgan fingerprint density at radius 1 is 1.19 bits per heavy atom. The number of nitrogens with zero attached hydrogens (tertiary/aromatic N) is 1. The molecule has 0 spiro atoms. The van der Waals surface area contributed by atoms with Crippen molar-refractivity contribution in [3.63, 3.8) is 0 Å². The number of rotatable bonds is 6. The van der Waals surface area contributed by atoms with E-state index in [1.54, 1.807) is 29.2 Å². The molecule has 1 aromatic rings. The molecule has 7 heteroatoms. The van der Waals surface area contributed by atoms with Gasteiger partial charge in [-0.25, -0.2) is 4.79 Å². The van der Waals surface area contributed by atoms with Crippen LogP contribution < -0.4 is 16.0 Å². The van der Waals surface area contributed by atoms with Crippen LogP contribution in [0.3, 0.4) is 0 Å². The third kappa shape index (κ3) is 6.27. The van der Waals surface area contributed by atoms with Crippen molar-refractivity contribution < 1.29 is 14.4 Å². The van der Waals surface area contributed by atoms with E-state index in [1.165, 1.54) is 0 Å². The van der Waals surface area contributed by atoms with Crippen molar-refractivity contribution in [2.75, 3.05) is 25.0 Å². The summed E-state index contributed by atoms with van der Waals surface area (Å²) in [5.74, 6) is -0.193. The fourth-order valence-corrected chi connectivity index (χ4v) is 3.08. The molecule has 1 aliphatic heterocycles. The van der Waals surface area contributed by atoms with E-state index in [-0.39, 0.29) is 29.8 Å². The van der Waals surface area contributed by atoms with Gasteiger partial charge in [-0.3, -0.25) is 9.59 Å². The van der Waals surface area contributed by atoms with Crippen LogP contribution in [-0.2, 0) is 4.79 Å². The summed E-state index contributed by atoms with van der Waals surface area (Å²) < 4.78 is 0. The summed E-state index contributed by atoms with van der Waals surface area (Å²) in [6.07, 6.45) is 2.54. The van der Waals surface area contributed by atoms with E-state index in [9.17, 15) is 14.4 Å². The lowest BCUT2D eigenvalue weighted by atomic mass is 9.96. The van der Waals surface area contributed by atoms with E-state index < -0.39 is 0 Å². The van der Waals surface area contributed by atoms with Gasteiger partial charge in [-0.05, 0) is 57.4 Å². The quantitative estimate of drug-likeness (QED) is 0.715. The summed E-state index contributed by atoms with van der Waals surface area (Å²) in [5, 5.41) is 8.40. The molecule has 7 nitrogen and oxygen atoms in total. The number of likely N-dealkylation sites (tertiary alicyclic amines) is 1. The second-order valence-corrected chi connectivity index (χ2v) is 7.21. The van der Waals surface area contributed by atoms with Crippen LogP contribution >= 0.6 is 0 Å². The van der Waals surface area contributed by atoms with Crippen LogP contribution in [0.5, 0.6) is 0 Å². The molecule has 0 aliphatic carbocycles. The molecule has 1 atom stereocenters. The van der Waals surface area contributed by atoms with Crippen molar-refractivity contribution in [3.05, 3.63) is 29.8 Å². The number of urea groups is 1. The molecule has 1 unspecified atom stereocenters. The Kier molecular flexibility index (Phi) is 7.64. The number of hydrogen-bond donors (Lipinski definition) is 3. The van der Waals surface area contributed by atoms with Gasteiger partial charge in [0.1, 0.15) is 0 Å². The molecule has 2 rings (SSSR count). The average molecular weight is 374 g/mol. The molecule has 0 aromatic heterocycles. The van der Waals surface area contributed by atoms with Gasteiger partial charge in [0.2, 0.25) is 5.91 Å². The standard InChI is InChI=1S/C20H30N4O3/c1-4-11-21-18(25)16-6-5-12-24(13-16)19(26)15-7-9-17(10-8-15)23-20(27)22-14(2)3/h7-10,14,16H,4-6,11-13H2,1-3H3,(H,21,25)(H2,22,23,27). The Hall–Kier alpha value is -2.57. The molecule has 27 heavy (non-hydrogen) atoms. The SMILES string of the molecule is CCCNC(=O)C1CCCN(C(=O)c2ccc(NC(=O)NC(C)C)cc2)C1. The Morgan fingerprint density at radius 3 is 2.52 bits per heavy atom. The van der Waals surface area contributed by atoms with Gasteiger partial charge in [0.25, 0.3) is 5.91 Å². The van der Waals surface area contributed by atoms with Crippen molar-refractivity contribution in [2.24, 2.45) is 5.92 Å². The van der Waals surface area contributed by atoms with Crippen molar-refractivity contribution in [3.8, 4) is 0 Å². The molecule has 0 saturated carbocycles. The van der Waals surface area contributed by atoms with E-state index in [2.05, 4.69) is 16.0 Å². The van der Waals surface area contributed by atoms with E-state index in [0.29, 0.717) is 30.9 Å². The average Bonchev–Trinajstić information content (AvgIpc) is 2.65. The molecule has 1 aromatic carbocycles. The number of amides is 4. The largest absolute Gasteiger partial charge is 0.356 e. The highest BCUT2D eigenvalue weighted by molar-refractivity contribution is 5.96. The first kappa shape index (κ1) is 20.7. The van der Waals surface area contributed by atoms with Gasteiger partial charge in [0, 0.05) is 36.9 Å². The monoisotopic (exact) mass is 374 g/mol. The molecule has 3 N–H and O–H groups in total. The Morgan fingerprint density at radius 2 is 1.89 bits per heavy atom. The fourth-order valence-electron chi connectivity index (χ4n) is 3.08. The van der Waals surface area contributed by atoms with Gasteiger partial charge in [-0.2, -0.15) is 0 Å². The molecule has 1 fully saturated rings. The van der Waals surface area contributed by atoms with Crippen LogP contribution in [0.2, 0.25) is 0 Å². The third-order valence-corrected chi connectivity index (χ3v) is 4.44. The molecule has 1 saturated heterocycles. The maximum absolute atomic E-state index is 12.8. The highest BCUT2D eigenvalue weighted by atomic mass is 16.2. The first-order valence-corrected chi connectivity index (χ1v) is 9.65. The number of hydrogen-bond acceptors (Lipinski definition) is 3. The van der Waals surface area contributed by atoms with Gasteiger partial charge in [0.15, 0.2) is 0 Å². The zero-order chi connectivity index (χ0) is 19.8. The number of nitrogens with one attached hydrogen (secondary N) is 3. The van der Waals surface area contributed by atoms with Gasteiger partial charge < -0.3 is 20.9 Å². The van der Waals surface area contributed by atoms with Crippen molar-refractivity contribution in [1.82, 2.24) is 15.5 Å². The smallest absolute Gasteiger partial charge is 0.319 e. The summed E-state index contributed by atoms with van der Waals surface area (Å²) in [7, 11) is 0. The van der Waals surface area contributed by atoms with Crippen molar-refractivity contribution in [1.29, 1.82) is 0 Å². The normalized spacial score (nSPS) is 16.7. The van der Waals surface area contributed by atoms with Crippen LogP contribution in [0.25, 0.3) is 0 Å². The molecule has 4 amide bonds. The summed E-state index contributed by atoms with van der Waals surface area (Å²) >= 11 is 0. The maximum Gasteiger partial charge on any atom is 0.319 e. The lowest BCUT2D eigenvalue weighted by molar-refractivity contribution is -0.126. The minimum Gasteiger partial charge on any atom is -0.356 e. The van der Waals surface area contributed by atoms with Crippen molar-refractivity contribution >= 4 is 23.5 Å². The van der Waals surface area contributed by atoms with Gasteiger partial charge in [-0.15, -0.1) is 0 Å². The van der Waals surface area contributed by atoms with Crippen LogP contribution in [0.4, 0.5) is 10.5 Å². The first-order chi connectivity index (χ1) is 12.9. The first-order valence-electron chi connectivity index (χ1n) is 9.65. The molecule has 0 bridgehead atoms. The molecular weight excluding hydrogens is 344 g/mol. The lowest BCUT2D eigenvalue weighted by Gasteiger charge is -2.32. The predicted octanol–water partition coefficient (Wildman–Crippen LogP) is 2.59. The molecule has 1 heterocycles. The zero-order valence-electron chi connectivity index (χ0n) is 16.4. The number of piperidine rings is 1. The minimum atomic E-state index is -0.277. The minimum absolute atomic E-state index is 0.0325. The summed E-state index contributed by atoms with van der Waals surface area (Å²) in [6.45, 7) is 7.56. The number of carbonyl (C=O) groups excluding carboxylic acids is 3. The second-order valence-electron chi connectivity index (χ2n) is 7.21. The van der Waals surface area contributed by atoms with E-state index in [0.717, 1.165) is 19.3 Å².